The smallest absolute Gasteiger partial charge is 0.462 e. The van der Waals surface area contributed by atoms with Crippen LogP contribution in [0.15, 0.2) is 0 Å². The number of unbranched alkanes of at least 4 members (excludes halogenated alkanes) is 37. The van der Waals surface area contributed by atoms with Gasteiger partial charge in [-0.1, -0.05) is 319 Å². The van der Waals surface area contributed by atoms with Crippen LogP contribution in [0.5, 0.6) is 0 Å². The van der Waals surface area contributed by atoms with E-state index >= 15 is 0 Å². The van der Waals surface area contributed by atoms with E-state index in [2.05, 4.69) is 55.4 Å². The van der Waals surface area contributed by atoms with E-state index in [0.717, 1.165) is 114 Å². The molecule has 0 spiro atoms. The Labute approximate surface area is 568 Å². The molecule has 3 N–H and O–H groups in total. The molecule has 0 saturated heterocycles. The molecule has 0 aliphatic carbocycles. The van der Waals surface area contributed by atoms with E-state index < -0.39 is 97.5 Å². The van der Waals surface area contributed by atoms with E-state index in [4.69, 9.17) is 37.0 Å². The first-order chi connectivity index (χ1) is 44.6. The number of carbonyl (C=O) groups is 4. The summed E-state index contributed by atoms with van der Waals surface area (Å²) in [7, 11) is -9.91. The molecule has 0 heterocycles. The third-order valence-corrected chi connectivity index (χ3v) is 19.0. The summed E-state index contributed by atoms with van der Waals surface area (Å²) in [6.07, 6.45) is 47.2. The van der Waals surface area contributed by atoms with Gasteiger partial charge in [-0.25, -0.2) is 9.13 Å². The minimum absolute atomic E-state index is 0.104. The van der Waals surface area contributed by atoms with Gasteiger partial charge in [-0.15, -0.1) is 0 Å². The predicted octanol–water partition coefficient (Wildman–Crippen LogP) is 21.3. The summed E-state index contributed by atoms with van der Waals surface area (Å²) in [4.78, 5) is 72.7. The molecule has 0 bridgehead atoms. The van der Waals surface area contributed by atoms with Crippen molar-refractivity contribution in [1.29, 1.82) is 0 Å². The van der Waals surface area contributed by atoms with E-state index in [1.165, 1.54) is 167 Å². The molecule has 552 valence electrons. The van der Waals surface area contributed by atoms with Crippen LogP contribution in [0, 0.1) is 23.7 Å². The molecule has 0 saturated carbocycles. The molecule has 0 aromatic heterocycles. The molecule has 0 fully saturated rings. The van der Waals surface area contributed by atoms with Crippen molar-refractivity contribution < 1.29 is 80.2 Å². The molecule has 93 heavy (non-hydrogen) atoms. The maximum Gasteiger partial charge on any atom is 0.472 e. The van der Waals surface area contributed by atoms with E-state index in [-0.39, 0.29) is 25.7 Å². The first kappa shape index (κ1) is 91.1. The van der Waals surface area contributed by atoms with Crippen molar-refractivity contribution in [3.05, 3.63) is 0 Å². The van der Waals surface area contributed by atoms with Crippen molar-refractivity contribution in [3.8, 4) is 0 Å². The van der Waals surface area contributed by atoms with Crippen molar-refractivity contribution in [2.45, 2.75) is 388 Å². The zero-order chi connectivity index (χ0) is 68.9. The van der Waals surface area contributed by atoms with Crippen LogP contribution < -0.4 is 0 Å². The maximum atomic E-state index is 13.1. The van der Waals surface area contributed by atoms with Crippen LogP contribution in [0.4, 0.5) is 0 Å². The number of hydrogen-bond donors (Lipinski definition) is 3. The summed E-state index contributed by atoms with van der Waals surface area (Å²) in [5, 5.41) is 10.6. The fraction of sp³-hybridized carbons (Fsp3) is 0.946. The minimum Gasteiger partial charge on any atom is -0.462 e. The second-order valence-corrected chi connectivity index (χ2v) is 31.5. The highest BCUT2D eigenvalue weighted by Gasteiger charge is 2.30. The van der Waals surface area contributed by atoms with Crippen LogP contribution >= 0.6 is 15.6 Å². The summed E-state index contributed by atoms with van der Waals surface area (Å²) in [6, 6.07) is 0. The molecule has 0 aliphatic heterocycles. The SMILES string of the molecule is CC(C)CCCCCCCCCCCCCCCC(=O)OC[C@H](COP(=O)(O)OCC(O)COP(=O)(O)OC[C@@H](COC(=O)CCCCCCCCCC(C)C)OC(=O)CCCCCCCCCCCC(C)C)OC(=O)CCCCCCCCCCCCCCC(C)C. The first-order valence-electron chi connectivity index (χ1n) is 38.2. The van der Waals surface area contributed by atoms with Crippen molar-refractivity contribution >= 4 is 39.5 Å². The largest absolute Gasteiger partial charge is 0.472 e. The lowest BCUT2D eigenvalue weighted by molar-refractivity contribution is -0.161. The number of phosphoric ester groups is 2. The van der Waals surface area contributed by atoms with Gasteiger partial charge < -0.3 is 33.8 Å². The zero-order valence-corrected chi connectivity index (χ0v) is 62.7. The fourth-order valence-electron chi connectivity index (χ4n) is 11.2. The third-order valence-electron chi connectivity index (χ3n) is 17.1. The van der Waals surface area contributed by atoms with Crippen LogP contribution in [-0.4, -0.2) is 96.7 Å². The molecule has 0 rings (SSSR count). The Hall–Kier alpha value is -1.94. The Bertz CT molecular complexity index is 1830. The Morgan fingerprint density at radius 1 is 0.269 bits per heavy atom. The van der Waals surface area contributed by atoms with Crippen LogP contribution in [0.1, 0.15) is 370 Å². The average Bonchev–Trinajstić information content (AvgIpc) is 1.83. The topological polar surface area (TPSA) is 237 Å². The maximum absolute atomic E-state index is 13.1. The highest BCUT2D eigenvalue weighted by Crippen LogP contribution is 2.45. The number of ether oxygens (including phenoxy) is 4. The summed E-state index contributed by atoms with van der Waals surface area (Å²) in [6.45, 7) is 14.1. The van der Waals surface area contributed by atoms with Gasteiger partial charge in [0, 0.05) is 25.7 Å². The molecule has 19 heteroatoms. The van der Waals surface area contributed by atoms with E-state index in [1.807, 2.05) is 0 Å². The number of hydrogen-bond acceptors (Lipinski definition) is 15. The van der Waals surface area contributed by atoms with Gasteiger partial charge in [-0.05, 0) is 49.4 Å². The van der Waals surface area contributed by atoms with Gasteiger partial charge in [0.05, 0.1) is 26.4 Å². The number of aliphatic hydroxyl groups is 1. The number of rotatable bonds is 71. The Balaban J connectivity index is 5.25. The summed E-state index contributed by atoms with van der Waals surface area (Å²) in [5.41, 5.74) is 0. The molecule has 0 aliphatic rings. The Morgan fingerprint density at radius 3 is 0.667 bits per heavy atom. The van der Waals surface area contributed by atoms with Crippen molar-refractivity contribution in [2.75, 3.05) is 39.6 Å². The zero-order valence-electron chi connectivity index (χ0n) is 60.9. The normalized spacial score (nSPS) is 14.2. The Morgan fingerprint density at radius 2 is 0.452 bits per heavy atom. The van der Waals surface area contributed by atoms with Crippen molar-refractivity contribution in [3.63, 3.8) is 0 Å². The highest BCUT2D eigenvalue weighted by atomic mass is 31.2. The molecule has 0 aromatic rings. The van der Waals surface area contributed by atoms with Crippen LogP contribution in [-0.2, 0) is 65.4 Å². The number of phosphoric acid groups is 2. The first-order valence-corrected chi connectivity index (χ1v) is 41.2. The second kappa shape index (κ2) is 63.5. The van der Waals surface area contributed by atoms with Gasteiger partial charge in [0.2, 0.25) is 0 Å². The lowest BCUT2D eigenvalue weighted by Gasteiger charge is -2.21. The van der Waals surface area contributed by atoms with Gasteiger partial charge in [-0.3, -0.25) is 37.3 Å². The van der Waals surface area contributed by atoms with Crippen LogP contribution in [0.2, 0.25) is 0 Å². The predicted molar refractivity (Wildman–Crippen MR) is 377 cm³/mol. The number of esters is 4. The Kier molecular flexibility index (Phi) is 62.2. The number of carbonyl (C=O) groups excluding carboxylic acids is 4. The van der Waals surface area contributed by atoms with Gasteiger partial charge >= 0.3 is 39.5 Å². The lowest BCUT2D eigenvalue weighted by Crippen LogP contribution is -2.30. The molecular formula is C74H144O17P2. The molecular weight excluding hydrogens is 1220 g/mol. The number of aliphatic hydroxyl groups excluding tert-OH is 1. The molecule has 0 aromatic carbocycles. The molecule has 0 amide bonds. The van der Waals surface area contributed by atoms with E-state index in [1.54, 1.807) is 0 Å². The summed E-state index contributed by atoms with van der Waals surface area (Å²) >= 11 is 0. The second-order valence-electron chi connectivity index (χ2n) is 28.6. The molecule has 17 nitrogen and oxygen atoms in total. The molecule has 3 unspecified atom stereocenters. The molecule has 5 atom stereocenters. The quantitative estimate of drug-likeness (QED) is 0.0222. The van der Waals surface area contributed by atoms with Crippen LogP contribution in [0.3, 0.4) is 0 Å². The standard InChI is InChI=1S/C74H144O17P2/c1-64(2)50-42-34-26-19-14-10-9-11-16-22-30-38-46-54-71(76)84-60-69(90-73(78)56-48-40-31-23-17-13-12-15-20-27-35-43-51-65(3)4)62-88-92(80,81)86-58-68(75)59-87-93(82,83)89-63-70(61-85-72(77)55-47-39-33-25-29-37-45-53-67(7)8)91-74(79)57-49-41-32-24-18-21-28-36-44-52-66(5)6/h64-70,75H,9-63H2,1-8H3,(H,80,81)(H,82,83)/t68?,69-,70-/m1/s1. The monoisotopic (exact) mass is 1370 g/mol. The third kappa shape index (κ3) is 68.4. The summed E-state index contributed by atoms with van der Waals surface area (Å²) < 4.78 is 68.4. The molecule has 0 radical (unpaired) electrons. The van der Waals surface area contributed by atoms with E-state index in [9.17, 15) is 43.2 Å². The van der Waals surface area contributed by atoms with Crippen LogP contribution in [0.25, 0.3) is 0 Å². The van der Waals surface area contributed by atoms with Gasteiger partial charge in [-0.2, -0.15) is 0 Å². The lowest BCUT2D eigenvalue weighted by atomic mass is 10.0. The van der Waals surface area contributed by atoms with Gasteiger partial charge in [0.15, 0.2) is 12.2 Å². The van der Waals surface area contributed by atoms with Crippen molar-refractivity contribution in [2.24, 2.45) is 23.7 Å². The van der Waals surface area contributed by atoms with Gasteiger partial charge in [0.1, 0.15) is 19.3 Å². The fourth-order valence-corrected chi connectivity index (χ4v) is 12.8. The highest BCUT2D eigenvalue weighted by molar-refractivity contribution is 7.47. The van der Waals surface area contributed by atoms with Crippen molar-refractivity contribution in [1.82, 2.24) is 0 Å². The summed E-state index contributed by atoms with van der Waals surface area (Å²) in [5.74, 6) is 0.885. The van der Waals surface area contributed by atoms with E-state index in [0.29, 0.717) is 31.6 Å². The average molecular weight is 1370 g/mol. The minimum atomic E-state index is -4.96. The van der Waals surface area contributed by atoms with Gasteiger partial charge in [0.25, 0.3) is 0 Å².